The van der Waals surface area contributed by atoms with Gasteiger partial charge in [0.05, 0.1) is 12.6 Å². The van der Waals surface area contributed by atoms with Crippen LogP contribution in [0.2, 0.25) is 0 Å². The summed E-state index contributed by atoms with van der Waals surface area (Å²) >= 11 is 0. The number of halogens is 3. The van der Waals surface area contributed by atoms with E-state index in [4.69, 9.17) is 0 Å². The molecule has 0 aliphatic heterocycles. The van der Waals surface area contributed by atoms with Crippen LogP contribution in [0.15, 0.2) is 60.7 Å². The van der Waals surface area contributed by atoms with E-state index in [2.05, 4.69) is 0 Å². The molecule has 6 heteroatoms. The fraction of sp³-hybridized carbons (Fsp3) is 0.250. The van der Waals surface area contributed by atoms with Crippen molar-refractivity contribution in [2.24, 2.45) is 0 Å². The second-order valence-electron chi connectivity index (χ2n) is 4.84. The Balaban J connectivity index is 2.39. The maximum Gasteiger partial charge on any atom is 0.410 e. The fourth-order valence-corrected chi connectivity index (χ4v) is 2.32. The zero-order chi connectivity index (χ0) is 16.2. The Hall–Kier alpha value is -1.89. The number of hydrogen-bond acceptors (Lipinski definition) is 3. The van der Waals surface area contributed by atoms with E-state index in [1.54, 1.807) is 36.4 Å². The smallest absolute Gasteiger partial charge is 0.394 e. The van der Waals surface area contributed by atoms with Gasteiger partial charge in [0, 0.05) is 0 Å². The largest absolute Gasteiger partial charge is 0.410 e. The van der Waals surface area contributed by atoms with Crippen molar-refractivity contribution in [2.75, 3.05) is 6.61 Å². The Morgan fingerprint density at radius 1 is 0.864 bits per heavy atom. The average molecular weight is 311 g/mol. The molecule has 2 atom stereocenters. The third kappa shape index (κ3) is 3.65. The summed E-state index contributed by atoms with van der Waals surface area (Å²) < 4.78 is 40.2. The first-order chi connectivity index (χ1) is 10.4. The molecule has 0 saturated carbocycles. The molecule has 0 fully saturated rings. The molecule has 0 saturated heterocycles. The first kappa shape index (κ1) is 16.5. The summed E-state index contributed by atoms with van der Waals surface area (Å²) in [5.74, 6) is 0. The Bertz CT molecular complexity index is 575. The number of benzene rings is 2. The first-order valence-electron chi connectivity index (χ1n) is 6.70. The molecule has 0 amide bonds. The van der Waals surface area contributed by atoms with E-state index in [0.717, 1.165) is 0 Å². The van der Waals surface area contributed by atoms with Gasteiger partial charge in [-0.25, -0.2) is 0 Å². The summed E-state index contributed by atoms with van der Waals surface area (Å²) in [4.78, 5) is 0. The molecule has 2 rings (SSSR count). The molecule has 0 aliphatic rings. The minimum atomic E-state index is -4.68. The van der Waals surface area contributed by atoms with Gasteiger partial charge in [-0.3, -0.25) is 0 Å². The molecule has 3 nitrogen and oxygen atoms in total. The van der Waals surface area contributed by atoms with Crippen LogP contribution < -0.4 is 0 Å². The predicted molar refractivity (Wildman–Crippen MR) is 75.1 cm³/mol. The summed E-state index contributed by atoms with van der Waals surface area (Å²) in [6, 6.07) is 11.8. The van der Waals surface area contributed by atoms with E-state index >= 15 is 0 Å². The molecule has 22 heavy (non-hydrogen) atoms. The van der Waals surface area contributed by atoms with E-state index in [-0.39, 0.29) is 10.6 Å². The van der Waals surface area contributed by atoms with Crippen LogP contribution in [-0.4, -0.2) is 28.2 Å². The van der Waals surface area contributed by atoms with Gasteiger partial charge in [-0.1, -0.05) is 60.7 Å². The summed E-state index contributed by atoms with van der Waals surface area (Å²) in [5.41, 5.74) is 0.310. The van der Waals surface area contributed by atoms with Gasteiger partial charge in [-0.05, 0) is 11.1 Å². The van der Waals surface area contributed by atoms with Gasteiger partial charge >= 0.3 is 6.18 Å². The molecule has 0 bridgehead atoms. The first-order valence-corrected chi connectivity index (χ1v) is 6.70. The third-order valence-corrected chi connectivity index (χ3v) is 3.37. The Labute approximate surface area is 126 Å². The van der Waals surface area contributed by atoms with Crippen molar-refractivity contribution in [3.8, 4) is 0 Å². The minimum Gasteiger partial charge on any atom is -0.394 e. The molecular formula is C16H16F3NO2. The van der Waals surface area contributed by atoms with Crippen molar-refractivity contribution in [3.05, 3.63) is 71.8 Å². The van der Waals surface area contributed by atoms with Crippen molar-refractivity contribution >= 4 is 0 Å². The second-order valence-corrected chi connectivity index (χ2v) is 4.84. The quantitative estimate of drug-likeness (QED) is 0.827. The van der Waals surface area contributed by atoms with Crippen LogP contribution in [0.25, 0.3) is 0 Å². The van der Waals surface area contributed by atoms with Crippen molar-refractivity contribution < 1.29 is 23.5 Å². The third-order valence-electron chi connectivity index (χ3n) is 3.37. The Kier molecular flexibility index (Phi) is 5.18. The molecule has 0 radical (unpaired) electrons. The topological polar surface area (TPSA) is 43.7 Å². The van der Waals surface area contributed by atoms with Crippen molar-refractivity contribution in [3.63, 3.8) is 0 Å². The molecule has 0 unspecified atom stereocenters. The van der Waals surface area contributed by atoms with E-state index in [1.165, 1.54) is 24.3 Å². The molecule has 2 aromatic carbocycles. The Morgan fingerprint density at radius 3 is 1.73 bits per heavy atom. The molecule has 118 valence electrons. The Morgan fingerprint density at radius 2 is 1.32 bits per heavy atom. The van der Waals surface area contributed by atoms with Gasteiger partial charge < -0.3 is 10.3 Å². The summed E-state index contributed by atoms with van der Waals surface area (Å²) in [5, 5.41) is 19.8. The van der Waals surface area contributed by atoms with Crippen LogP contribution in [0.5, 0.6) is 0 Å². The van der Waals surface area contributed by atoms with Gasteiger partial charge in [0.1, 0.15) is 0 Å². The lowest BCUT2D eigenvalue weighted by molar-refractivity contribution is -0.274. The average Bonchev–Trinajstić information content (AvgIpc) is 2.49. The van der Waals surface area contributed by atoms with Crippen LogP contribution in [0.3, 0.4) is 0 Å². The maximum atomic E-state index is 13.4. The van der Waals surface area contributed by atoms with Gasteiger partial charge in [-0.15, -0.1) is 0 Å². The molecular weight excluding hydrogens is 295 g/mol. The van der Waals surface area contributed by atoms with Crippen LogP contribution in [0.1, 0.15) is 23.2 Å². The lowest BCUT2D eigenvalue weighted by atomic mass is 10.0. The van der Waals surface area contributed by atoms with Gasteiger partial charge in [-0.2, -0.15) is 18.2 Å². The second kappa shape index (κ2) is 6.91. The normalized spacial score (nSPS) is 14.8. The van der Waals surface area contributed by atoms with Crippen LogP contribution in [0, 0.1) is 0 Å². The minimum absolute atomic E-state index is 0.0909. The maximum absolute atomic E-state index is 13.4. The van der Waals surface area contributed by atoms with Crippen molar-refractivity contribution in [1.29, 1.82) is 0 Å². The zero-order valence-electron chi connectivity index (χ0n) is 11.6. The summed E-state index contributed by atoms with van der Waals surface area (Å²) in [6.07, 6.45) is -4.68. The number of aliphatic hydroxyl groups excluding tert-OH is 1. The number of rotatable bonds is 5. The highest BCUT2D eigenvalue weighted by Gasteiger charge is 2.46. The van der Waals surface area contributed by atoms with Gasteiger partial charge in [0.2, 0.25) is 0 Å². The fourth-order valence-electron chi connectivity index (χ4n) is 2.32. The molecule has 0 spiro atoms. The molecule has 0 heterocycles. The van der Waals surface area contributed by atoms with Crippen LogP contribution in [0.4, 0.5) is 13.2 Å². The van der Waals surface area contributed by atoms with E-state index in [0.29, 0.717) is 5.56 Å². The van der Waals surface area contributed by atoms with E-state index in [1.807, 2.05) is 0 Å². The van der Waals surface area contributed by atoms with Crippen LogP contribution in [-0.2, 0) is 0 Å². The number of alkyl halides is 3. The molecule has 2 N–H and O–H groups in total. The van der Waals surface area contributed by atoms with Crippen molar-refractivity contribution in [1.82, 2.24) is 5.06 Å². The summed E-state index contributed by atoms with van der Waals surface area (Å²) in [7, 11) is 0. The van der Waals surface area contributed by atoms with E-state index < -0.39 is 24.9 Å². The van der Waals surface area contributed by atoms with Crippen LogP contribution >= 0.6 is 0 Å². The zero-order valence-corrected chi connectivity index (χ0v) is 11.6. The number of aliphatic hydroxyl groups is 1. The molecule has 2 aromatic rings. The highest BCUT2D eigenvalue weighted by atomic mass is 19.4. The number of hydrogen-bond donors (Lipinski definition) is 2. The standard InChI is InChI=1S/C16H16F3NO2/c17-16(18,19)15(13-9-5-2-6-10-13)20(22)14(11-21)12-7-3-1-4-8-12/h1-10,14-15,21-22H,11H2/t14-,15+/m0/s1. The predicted octanol–water partition coefficient (Wildman–Crippen LogP) is 3.71. The monoisotopic (exact) mass is 311 g/mol. The number of nitrogens with zero attached hydrogens (tertiary/aromatic N) is 1. The molecule has 0 aliphatic carbocycles. The van der Waals surface area contributed by atoms with Gasteiger partial charge in [0.15, 0.2) is 6.04 Å². The van der Waals surface area contributed by atoms with Gasteiger partial charge in [0.25, 0.3) is 0 Å². The number of hydroxylamine groups is 2. The highest BCUT2D eigenvalue weighted by molar-refractivity contribution is 5.23. The molecule has 0 aromatic heterocycles. The SMILES string of the molecule is OC[C@@H](c1ccccc1)N(O)[C@H](c1ccccc1)C(F)(F)F. The summed E-state index contributed by atoms with van der Waals surface area (Å²) in [6.45, 7) is -0.639. The lowest BCUT2D eigenvalue weighted by Crippen LogP contribution is -2.40. The van der Waals surface area contributed by atoms with E-state index in [9.17, 15) is 23.5 Å². The highest BCUT2D eigenvalue weighted by Crippen LogP contribution is 2.40. The van der Waals surface area contributed by atoms with Crippen molar-refractivity contribution in [2.45, 2.75) is 18.3 Å². The lowest BCUT2D eigenvalue weighted by Gasteiger charge is -2.33.